The van der Waals surface area contributed by atoms with E-state index < -0.39 is 6.03 Å². The Hall–Kier alpha value is -2.97. The number of methoxy groups -OCH3 is 1. The third-order valence-corrected chi connectivity index (χ3v) is 3.89. The van der Waals surface area contributed by atoms with E-state index in [9.17, 15) is 9.90 Å². The SMILES string of the molecule is CCc1cc(O)ccc1OCc1c(OC)cccc1N(N)C(=O)N(C)N. The van der Waals surface area contributed by atoms with Crippen LogP contribution < -0.4 is 26.2 Å². The smallest absolute Gasteiger partial charge is 0.352 e. The van der Waals surface area contributed by atoms with Crippen molar-refractivity contribution < 1.29 is 19.4 Å². The third-order valence-electron chi connectivity index (χ3n) is 3.89. The summed E-state index contributed by atoms with van der Waals surface area (Å²) in [4.78, 5) is 12.1. The number of hydrogen-bond acceptors (Lipinski definition) is 6. The fraction of sp³-hybridized carbons (Fsp3) is 0.278. The van der Waals surface area contributed by atoms with E-state index in [1.165, 1.54) is 14.2 Å². The van der Waals surface area contributed by atoms with Crippen molar-refractivity contribution in [1.82, 2.24) is 5.01 Å². The van der Waals surface area contributed by atoms with Crippen LogP contribution in [0.25, 0.3) is 0 Å². The summed E-state index contributed by atoms with van der Waals surface area (Å²) in [7, 11) is 2.93. The van der Waals surface area contributed by atoms with Crippen molar-refractivity contribution in [2.45, 2.75) is 20.0 Å². The number of aromatic hydroxyl groups is 1. The van der Waals surface area contributed by atoms with Crippen molar-refractivity contribution in [2.24, 2.45) is 11.7 Å². The number of hydrazine groups is 2. The Labute approximate surface area is 152 Å². The van der Waals surface area contributed by atoms with E-state index in [4.69, 9.17) is 21.2 Å². The number of carbonyl (C=O) groups excluding carboxylic acids is 1. The van der Waals surface area contributed by atoms with Gasteiger partial charge in [0.05, 0.1) is 18.4 Å². The van der Waals surface area contributed by atoms with Crippen LogP contribution in [0.5, 0.6) is 17.2 Å². The van der Waals surface area contributed by atoms with Crippen LogP contribution in [0.15, 0.2) is 36.4 Å². The fourth-order valence-electron chi connectivity index (χ4n) is 2.52. The lowest BCUT2D eigenvalue weighted by molar-refractivity contribution is 0.216. The average Bonchev–Trinajstić information content (AvgIpc) is 2.65. The number of aryl methyl sites for hydroxylation is 1. The topological polar surface area (TPSA) is 114 Å². The summed E-state index contributed by atoms with van der Waals surface area (Å²) in [5.41, 5.74) is 1.88. The maximum Gasteiger partial charge on any atom is 0.352 e. The van der Waals surface area contributed by atoms with E-state index in [-0.39, 0.29) is 12.4 Å². The van der Waals surface area contributed by atoms with Gasteiger partial charge >= 0.3 is 6.03 Å². The first-order valence-electron chi connectivity index (χ1n) is 8.06. The maximum atomic E-state index is 12.1. The second-order valence-electron chi connectivity index (χ2n) is 5.66. The van der Waals surface area contributed by atoms with E-state index in [1.54, 1.807) is 36.4 Å². The summed E-state index contributed by atoms with van der Waals surface area (Å²) in [6.07, 6.45) is 0.696. The van der Waals surface area contributed by atoms with E-state index in [1.807, 2.05) is 6.92 Å². The monoisotopic (exact) mass is 360 g/mol. The molecule has 0 aromatic heterocycles. The summed E-state index contributed by atoms with van der Waals surface area (Å²) < 4.78 is 11.3. The molecule has 140 valence electrons. The predicted octanol–water partition coefficient (Wildman–Crippen LogP) is 2.15. The molecule has 0 saturated heterocycles. The van der Waals surface area contributed by atoms with Crippen LogP contribution in [0, 0.1) is 0 Å². The molecule has 5 N–H and O–H groups in total. The molecule has 0 unspecified atom stereocenters. The molecule has 0 aliphatic carbocycles. The minimum atomic E-state index is -0.585. The molecule has 26 heavy (non-hydrogen) atoms. The van der Waals surface area contributed by atoms with E-state index in [2.05, 4.69) is 0 Å². The van der Waals surface area contributed by atoms with Crippen LogP contribution in [0.1, 0.15) is 18.1 Å². The summed E-state index contributed by atoms with van der Waals surface area (Å²) in [6, 6.07) is 9.48. The van der Waals surface area contributed by atoms with Gasteiger partial charge in [0.25, 0.3) is 0 Å². The van der Waals surface area contributed by atoms with Crippen LogP contribution in [0.4, 0.5) is 10.5 Å². The zero-order chi connectivity index (χ0) is 19.3. The molecule has 8 nitrogen and oxygen atoms in total. The lowest BCUT2D eigenvalue weighted by atomic mass is 10.1. The first kappa shape index (κ1) is 19.4. The standard InChI is InChI=1S/C18H24N4O4/c1-4-12-10-13(23)8-9-16(12)26-11-14-15(6-5-7-17(14)25-3)22(20)18(24)21(2)19/h5-10,23H,4,11,19-20H2,1-3H3. The van der Waals surface area contributed by atoms with Gasteiger partial charge in [0.15, 0.2) is 0 Å². The van der Waals surface area contributed by atoms with Crippen LogP contribution in [0.2, 0.25) is 0 Å². The zero-order valence-corrected chi connectivity index (χ0v) is 15.1. The Morgan fingerprint density at radius 1 is 1.19 bits per heavy atom. The number of urea groups is 1. The molecule has 0 aliphatic heterocycles. The molecule has 0 radical (unpaired) electrons. The van der Waals surface area contributed by atoms with Gasteiger partial charge < -0.3 is 14.6 Å². The van der Waals surface area contributed by atoms with Gasteiger partial charge in [0.1, 0.15) is 23.9 Å². The number of anilines is 1. The highest BCUT2D eigenvalue weighted by molar-refractivity contribution is 5.91. The molecule has 0 bridgehead atoms. The molecule has 2 aromatic rings. The lowest BCUT2D eigenvalue weighted by Gasteiger charge is -2.24. The van der Waals surface area contributed by atoms with E-state index in [0.717, 1.165) is 15.6 Å². The van der Waals surface area contributed by atoms with Crippen LogP contribution in [-0.2, 0) is 13.0 Å². The van der Waals surface area contributed by atoms with Crippen LogP contribution >= 0.6 is 0 Å². The summed E-state index contributed by atoms with van der Waals surface area (Å²) in [5.74, 6) is 12.8. The number of amides is 2. The number of phenolic OH excluding ortho intramolecular Hbond substituents is 1. The van der Waals surface area contributed by atoms with Crippen molar-refractivity contribution in [2.75, 3.05) is 19.2 Å². The number of carbonyl (C=O) groups is 1. The van der Waals surface area contributed by atoms with Gasteiger partial charge in [-0.1, -0.05) is 13.0 Å². The highest BCUT2D eigenvalue weighted by Crippen LogP contribution is 2.31. The largest absolute Gasteiger partial charge is 0.508 e. The Kier molecular flexibility index (Phi) is 6.26. The average molecular weight is 360 g/mol. The highest BCUT2D eigenvalue weighted by atomic mass is 16.5. The Morgan fingerprint density at radius 3 is 2.54 bits per heavy atom. The van der Waals surface area contributed by atoms with Gasteiger partial charge in [-0.25, -0.2) is 21.5 Å². The van der Waals surface area contributed by atoms with Crippen molar-refractivity contribution >= 4 is 11.7 Å². The molecular weight excluding hydrogens is 336 g/mol. The molecular formula is C18H24N4O4. The van der Waals surface area contributed by atoms with Gasteiger partial charge in [-0.05, 0) is 42.3 Å². The Bertz CT molecular complexity index is 780. The minimum Gasteiger partial charge on any atom is -0.508 e. The molecule has 0 aliphatic rings. The van der Waals surface area contributed by atoms with Gasteiger partial charge in [0.2, 0.25) is 0 Å². The van der Waals surface area contributed by atoms with Gasteiger partial charge in [0, 0.05) is 7.05 Å². The molecule has 0 spiro atoms. The molecule has 0 fully saturated rings. The minimum absolute atomic E-state index is 0.117. The first-order valence-corrected chi connectivity index (χ1v) is 8.06. The Morgan fingerprint density at radius 2 is 1.92 bits per heavy atom. The van der Waals surface area contributed by atoms with Crippen LogP contribution in [-0.4, -0.2) is 30.3 Å². The first-order chi connectivity index (χ1) is 12.4. The van der Waals surface area contributed by atoms with Crippen molar-refractivity contribution in [3.8, 4) is 17.2 Å². The number of rotatable bonds is 6. The predicted molar refractivity (Wildman–Crippen MR) is 98.8 cm³/mol. The van der Waals surface area contributed by atoms with Crippen molar-refractivity contribution in [1.29, 1.82) is 0 Å². The maximum absolute atomic E-state index is 12.1. The number of nitrogens with two attached hydrogens (primary N) is 2. The molecule has 0 atom stereocenters. The zero-order valence-electron chi connectivity index (χ0n) is 15.1. The fourth-order valence-corrected chi connectivity index (χ4v) is 2.52. The summed E-state index contributed by atoms with van der Waals surface area (Å²) >= 11 is 0. The molecule has 2 rings (SSSR count). The number of phenols is 1. The van der Waals surface area contributed by atoms with E-state index in [0.29, 0.717) is 29.2 Å². The quantitative estimate of drug-likeness (QED) is 0.413. The Balaban J connectivity index is 2.35. The molecule has 0 heterocycles. The second-order valence-corrected chi connectivity index (χ2v) is 5.66. The van der Waals surface area contributed by atoms with Gasteiger partial charge in [-0.3, -0.25) is 5.01 Å². The molecule has 2 amide bonds. The summed E-state index contributed by atoms with van der Waals surface area (Å²) in [6.45, 7) is 2.08. The summed E-state index contributed by atoms with van der Waals surface area (Å²) in [5, 5.41) is 11.4. The van der Waals surface area contributed by atoms with E-state index >= 15 is 0 Å². The normalized spacial score (nSPS) is 10.3. The number of hydrogen-bond donors (Lipinski definition) is 3. The van der Waals surface area contributed by atoms with Gasteiger partial charge in [-0.15, -0.1) is 0 Å². The second kappa shape index (κ2) is 8.41. The number of ether oxygens (including phenoxy) is 2. The number of benzene rings is 2. The van der Waals surface area contributed by atoms with Crippen molar-refractivity contribution in [3.05, 3.63) is 47.5 Å². The van der Waals surface area contributed by atoms with Gasteiger partial charge in [-0.2, -0.15) is 0 Å². The van der Waals surface area contributed by atoms with Crippen LogP contribution in [0.3, 0.4) is 0 Å². The number of nitrogens with zero attached hydrogens (tertiary/aromatic N) is 2. The molecule has 2 aromatic carbocycles. The van der Waals surface area contributed by atoms with Crippen molar-refractivity contribution in [3.63, 3.8) is 0 Å². The lowest BCUT2D eigenvalue weighted by Crippen LogP contribution is -2.49. The molecule has 0 saturated carbocycles. The third kappa shape index (κ3) is 4.16. The highest BCUT2D eigenvalue weighted by Gasteiger charge is 2.20. The molecule has 8 heteroatoms.